The van der Waals surface area contributed by atoms with E-state index in [9.17, 15) is 14.4 Å². The van der Waals surface area contributed by atoms with E-state index in [1.165, 1.54) is 0 Å². The number of ether oxygens (including phenoxy) is 2. The molecule has 0 saturated carbocycles. The Morgan fingerprint density at radius 3 is 2.68 bits per heavy atom. The fourth-order valence-electron chi connectivity index (χ4n) is 1.78. The maximum absolute atomic E-state index is 12.0. The highest BCUT2D eigenvalue weighted by molar-refractivity contribution is 7.98. The summed E-state index contributed by atoms with van der Waals surface area (Å²) in [5.74, 6) is -0.772. The third-order valence-electron chi connectivity index (χ3n) is 2.92. The third kappa shape index (κ3) is 5.82. The van der Waals surface area contributed by atoms with E-state index in [0.29, 0.717) is 12.2 Å². The first-order valence-electron chi connectivity index (χ1n) is 7.05. The normalized spacial score (nSPS) is 20.9. The number of aliphatic hydroxyl groups excluding tert-OH is 1. The van der Waals surface area contributed by atoms with Crippen molar-refractivity contribution in [3.63, 3.8) is 0 Å². The molecule has 1 unspecified atom stereocenters. The van der Waals surface area contributed by atoms with E-state index >= 15 is 0 Å². The molecule has 0 aliphatic carbocycles. The van der Waals surface area contributed by atoms with Gasteiger partial charge in [-0.25, -0.2) is 4.79 Å². The molecule has 1 aliphatic heterocycles. The number of thioether (sulfide) groups is 1. The number of carbonyl (C=O) groups excluding carboxylic acids is 3. The van der Waals surface area contributed by atoms with Crippen LogP contribution in [0.4, 0.5) is 0 Å². The molecule has 1 fully saturated rings. The van der Waals surface area contributed by atoms with Crippen LogP contribution < -0.4 is 10.6 Å². The molecule has 1 aliphatic rings. The molecule has 1 rings (SSSR count). The molecule has 0 bridgehead atoms. The van der Waals surface area contributed by atoms with Crippen LogP contribution in [0.25, 0.3) is 0 Å². The standard InChI is InChI=1S/C13H22N2O6S/c1-3-20-13(19)10-9(21-10)12(18)15-8(4-7-22-2)11(17)14-5-6-16/h8-10,16H,3-7H2,1-2H3,(H,14,17)(H,15,18)/t8?,9-,10-/m0/s1. The SMILES string of the molecule is CCOC(=O)[C@H]1O[C@@H]1C(=O)NC(CCSC)C(=O)NCCO. The first-order chi connectivity index (χ1) is 10.5. The molecule has 0 aromatic heterocycles. The van der Waals surface area contributed by atoms with Crippen molar-refractivity contribution in [3.8, 4) is 0 Å². The topological polar surface area (TPSA) is 117 Å². The van der Waals surface area contributed by atoms with Crippen LogP contribution in [0.2, 0.25) is 0 Å². The van der Waals surface area contributed by atoms with Crippen molar-refractivity contribution < 1.29 is 29.0 Å². The second-order valence-electron chi connectivity index (χ2n) is 4.59. The molecule has 0 aromatic carbocycles. The maximum atomic E-state index is 12.0. The first-order valence-corrected chi connectivity index (χ1v) is 8.44. The van der Waals surface area contributed by atoms with E-state index in [2.05, 4.69) is 10.6 Å². The highest BCUT2D eigenvalue weighted by Gasteiger charge is 2.52. The molecule has 0 aromatic rings. The molecule has 126 valence electrons. The lowest BCUT2D eigenvalue weighted by atomic mass is 10.2. The highest BCUT2D eigenvalue weighted by Crippen LogP contribution is 2.23. The molecular weight excluding hydrogens is 312 g/mol. The molecule has 22 heavy (non-hydrogen) atoms. The summed E-state index contributed by atoms with van der Waals surface area (Å²) in [6.07, 6.45) is 0.551. The molecule has 2 amide bonds. The van der Waals surface area contributed by atoms with Crippen LogP contribution in [0.5, 0.6) is 0 Å². The van der Waals surface area contributed by atoms with Crippen molar-refractivity contribution >= 4 is 29.5 Å². The van der Waals surface area contributed by atoms with Gasteiger partial charge in [0, 0.05) is 6.54 Å². The number of hydrogen-bond acceptors (Lipinski definition) is 7. The summed E-state index contributed by atoms with van der Waals surface area (Å²) in [5, 5.41) is 13.8. The molecule has 1 saturated heterocycles. The molecule has 3 atom stereocenters. The zero-order valence-corrected chi connectivity index (χ0v) is 13.5. The third-order valence-corrected chi connectivity index (χ3v) is 3.57. The second kappa shape index (κ2) is 9.65. The Morgan fingerprint density at radius 1 is 1.36 bits per heavy atom. The van der Waals surface area contributed by atoms with Gasteiger partial charge in [-0.2, -0.15) is 11.8 Å². The Labute approximate surface area is 133 Å². The quantitative estimate of drug-likeness (QED) is 0.334. The number of carbonyl (C=O) groups is 3. The van der Waals surface area contributed by atoms with Crippen LogP contribution in [0.3, 0.4) is 0 Å². The number of rotatable bonds is 10. The van der Waals surface area contributed by atoms with Crippen molar-refractivity contribution in [1.82, 2.24) is 10.6 Å². The Morgan fingerprint density at radius 2 is 2.09 bits per heavy atom. The Kier molecular flexibility index (Phi) is 8.21. The summed E-state index contributed by atoms with van der Waals surface area (Å²) in [6, 6.07) is -0.724. The maximum Gasteiger partial charge on any atom is 0.338 e. The average molecular weight is 334 g/mol. The van der Waals surface area contributed by atoms with Gasteiger partial charge in [-0.15, -0.1) is 0 Å². The van der Waals surface area contributed by atoms with Gasteiger partial charge in [-0.3, -0.25) is 9.59 Å². The van der Waals surface area contributed by atoms with Crippen molar-refractivity contribution in [2.45, 2.75) is 31.6 Å². The van der Waals surface area contributed by atoms with E-state index in [1.54, 1.807) is 18.7 Å². The lowest BCUT2D eigenvalue weighted by molar-refractivity contribution is -0.144. The van der Waals surface area contributed by atoms with Crippen molar-refractivity contribution in [2.24, 2.45) is 0 Å². The summed E-state index contributed by atoms with van der Waals surface area (Å²) >= 11 is 1.55. The fourth-order valence-corrected chi connectivity index (χ4v) is 2.25. The number of aliphatic hydroxyl groups is 1. The van der Waals surface area contributed by atoms with Crippen LogP contribution in [0, 0.1) is 0 Å². The minimum atomic E-state index is -0.901. The number of nitrogens with one attached hydrogen (secondary N) is 2. The molecule has 1 heterocycles. The van der Waals surface area contributed by atoms with E-state index in [1.807, 2.05) is 6.26 Å². The number of hydrogen-bond donors (Lipinski definition) is 3. The van der Waals surface area contributed by atoms with Crippen LogP contribution in [0.15, 0.2) is 0 Å². The van der Waals surface area contributed by atoms with Gasteiger partial charge >= 0.3 is 5.97 Å². The zero-order valence-electron chi connectivity index (χ0n) is 12.7. The summed E-state index contributed by atoms with van der Waals surface area (Å²) in [5.41, 5.74) is 0. The first kappa shape index (κ1) is 18.7. The van der Waals surface area contributed by atoms with Gasteiger partial charge in [0.1, 0.15) is 6.04 Å². The Hall–Kier alpha value is -1.32. The molecule has 3 N–H and O–H groups in total. The van der Waals surface area contributed by atoms with Crippen molar-refractivity contribution in [2.75, 3.05) is 31.8 Å². The molecule has 0 spiro atoms. The lowest BCUT2D eigenvalue weighted by Gasteiger charge is -2.17. The van der Waals surface area contributed by atoms with Gasteiger partial charge < -0.3 is 25.2 Å². The van der Waals surface area contributed by atoms with Crippen LogP contribution in [-0.2, 0) is 23.9 Å². The summed E-state index contributed by atoms with van der Waals surface area (Å²) in [6.45, 7) is 1.83. The predicted octanol–water partition coefficient (Wildman–Crippen LogP) is -1.34. The van der Waals surface area contributed by atoms with Crippen LogP contribution in [-0.4, -0.2) is 72.9 Å². The Balaban J connectivity index is 2.49. The van der Waals surface area contributed by atoms with Gasteiger partial charge in [0.2, 0.25) is 5.91 Å². The Bertz CT molecular complexity index is 406. The predicted molar refractivity (Wildman–Crippen MR) is 80.3 cm³/mol. The van der Waals surface area contributed by atoms with Crippen molar-refractivity contribution in [1.29, 1.82) is 0 Å². The van der Waals surface area contributed by atoms with Crippen LogP contribution >= 0.6 is 11.8 Å². The number of epoxide rings is 1. The zero-order chi connectivity index (χ0) is 16.5. The van der Waals surface area contributed by atoms with Gasteiger partial charge in [0.05, 0.1) is 13.2 Å². The smallest absolute Gasteiger partial charge is 0.338 e. The lowest BCUT2D eigenvalue weighted by Crippen LogP contribution is -2.49. The second-order valence-corrected chi connectivity index (χ2v) is 5.57. The number of esters is 1. The summed E-state index contributed by atoms with van der Waals surface area (Å²) in [7, 11) is 0. The summed E-state index contributed by atoms with van der Waals surface area (Å²) < 4.78 is 9.76. The largest absolute Gasteiger partial charge is 0.464 e. The summed E-state index contributed by atoms with van der Waals surface area (Å²) in [4.78, 5) is 35.3. The minimum absolute atomic E-state index is 0.121. The van der Waals surface area contributed by atoms with Gasteiger partial charge in [0.25, 0.3) is 5.91 Å². The average Bonchev–Trinajstić information content (AvgIpc) is 3.29. The molecular formula is C13H22N2O6S. The van der Waals surface area contributed by atoms with E-state index < -0.39 is 30.1 Å². The molecule has 8 nitrogen and oxygen atoms in total. The number of amides is 2. The van der Waals surface area contributed by atoms with Gasteiger partial charge in [0.15, 0.2) is 12.2 Å². The highest BCUT2D eigenvalue weighted by atomic mass is 32.2. The van der Waals surface area contributed by atoms with E-state index in [-0.39, 0.29) is 25.7 Å². The van der Waals surface area contributed by atoms with E-state index in [0.717, 1.165) is 0 Å². The van der Waals surface area contributed by atoms with Gasteiger partial charge in [-0.05, 0) is 25.4 Å². The fraction of sp³-hybridized carbons (Fsp3) is 0.769. The van der Waals surface area contributed by atoms with E-state index in [4.69, 9.17) is 14.6 Å². The molecule has 9 heteroatoms. The van der Waals surface area contributed by atoms with Crippen molar-refractivity contribution in [3.05, 3.63) is 0 Å². The monoisotopic (exact) mass is 334 g/mol. The minimum Gasteiger partial charge on any atom is -0.464 e. The van der Waals surface area contributed by atoms with Crippen LogP contribution in [0.1, 0.15) is 13.3 Å². The van der Waals surface area contributed by atoms with Gasteiger partial charge in [-0.1, -0.05) is 0 Å². The molecule has 0 radical (unpaired) electrons.